The zero-order valence-electron chi connectivity index (χ0n) is 49.1. The number of likely N-dealkylation sites (tertiary alicyclic amines) is 2. The summed E-state index contributed by atoms with van der Waals surface area (Å²) in [5.41, 5.74) is 2.83. The number of carbonyl (C=O) groups is 8. The molecule has 10 atom stereocenters. The number of ketones is 1. The molecule has 448 valence electrons. The van der Waals surface area contributed by atoms with Crippen molar-refractivity contribution in [3.05, 3.63) is 107 Å². The number of hydrogen-bond acceptors (Lipinski definition) is 11. The number of thioether (sulfide) groups is 2. The van der Waals surface area contributed by atoms with E-state index in [0.29, 0.717) is 28.3 Å². The van der Waals surface area contributed by atoms with E-state index < -0.39 is 42.2 Å². The van der Waals surface area contributed by atoms with Gasteiger partial charge in [0.05, 0.1) is 18.1 Å². The van der Waals surface area contributed by atoms with Crippen molar-refractivity contribution < 1.29 is 38.4 Å². The topological polar surface area (TPSA) is 215 Å². The molecule has 6 aliphatic rings. The highest BCUT2D eigenvalue weighted by Gasteiger charge is 2.47. The fourth-order valence-corrected chi connectivity index (χ4v) is 16.0. The molecule has 4 aliphatic heterocycles. The minimum absolute atomic E-state index is 0.0156. The number of nitrogens with zero attached hydrogens (tertiary/aromatic N) is 2. The van der Waals surface area contributed by atoms with Gasteiger partial charge in [-0.05, 0) is 142 Å². The zero-order chi connectivity index (χ0) is 59.0. The molecule has 10 rings (SSSR count). The van der Waals surface area contributed by atoms with Crippen LogP contribution in [0.3, 0.4) is 0 Å². The van der Waals surface area contributed by atoms with Crippen molar-refractivity contribution in [3.8, 4) is 0 Å². The van der Waals surface area contributed by atoms with Gasteiger partial charge in [-0.15, -0.1) is 23.5 Å². The van der Waals surface area contributed by atoms with Crippen LogP contribution in [0, 0.1) is 23.7 Å². The highest BCUT2D eigenvalue weighted by molar-refractivity contribution is 7.99. The van der Waals surface area contributed by atoms with E-state index in [1.807, 2.05) is 57.2 Å². The van der Waals surface area contributed by atoms with Gasteiger partial charge in [0.25, 0.3) is 11.8 Å². The Kier molecular flexibility index (Phi) is 20.2. The van der Waals surface area contributed by atoms with E-state index in [1.54, 1.807) is 76.8 Å². The van der Waals surface area contributed by atoms with Gasteiger partial charge in [-0.25, -0.2) is 0 Å². The molecule has 0 spiro atoms. The molecule has 4 fully saturated rings. The summed E-state index contributed by atoms with van der Waals surface area (Å²) in [6, 6.07) is 22.1. The highest BCUT2D eigenvalue weighted by Crippen LogP contribution is 2.40. The first-order valence-electron chi connectivity index (χ1n) is 31.0. The SMILES string of the molecule is CC[C@@H](C)C(=O)N[C@H](C(=O)N1C[C@@H](NC(=O)c2ccc3cc(C(=O)N[C@H]4C[C@@H](C(=O)N[C@@H]5CCSc6ccccc65)N(C(=O)[C@@H](CC(=O)[C@H](C)NC)C5CCCCC5)C4)ccc3c2)C[C@H]1C(=O)N[C@@H]1CCSc2ccccc21)C1CCCCC1. The van der Waals surface area contributed by atoms with E-state index >= 15 is 4.79 Å². The standard InChI is InChI=1S/C66H84N8O8S2/c1-5-39(2)60(76)72-59(42-18-10-7-11-19-42)66(82)74-38-48(35-55(74)64(80)71-53-29-31-84-58-23-15-13-21-50(53)58)69-62(78)46-27-25-43-32-45(26-24-44(43)33-46)61(77)68-47-34-54(63(79)70-52-28-30-83-57-22-14-12-20-49(52)57)73(37-47)65(81)51(36-56(75)40(3)67-4)41-16-8-6-9-17-41/h12-15,20-27,32-33,39-42,47-48,51-55,59,67H,5-11,16-19,28-31,34-38H2,1-4H3,(H,68,77)(H,69,78)(H,70,79)(H,71,80)(H,72,76)/t39-,40+,47+,48+,51+,52-,53-,54+,55+,59+/m1/s1. The first kappa shape index (κ1) is 60.9. The smallest absolute Gasteiger partial charge is 0.251 e. The molecule has 16 nitrogen and oxygen atoms in total. The van der Waals surface area contributed by atoms with Gasteiger partial charge in [-0.3, -0.25) is 38.4 Å². The molecule has 7 amide bonds. The van der Waals surface area contributed by atoms with Gasteiger partial charge in [0.2, 0.25) is 29.5 Å². The molecule has 0 radical (unpaired) electrons. The molecule has 84 heavy (non-hydrogen) atoms. The van der Waals surface area contributed by atoms with Gasteiger partial charge in [0.15, 0.2) is 0 Å². The van der Waals surface area contributed by atoms with Crippen LogP contribution in [0.1, 0.15) is 167 Å². The molecule has 2 saturated carbocycles. The third-order valence-electron chi connectivity index (χ3n) is 19.0. The van der Waals surface area contributed by atoms with E-state index in [-0.39, 0.29) is 109 Å². The summed E-state index contributed by atoms with van der Waals surface area (Å²) in [4.78, 5) is 120. The number of amides is 7. The van der Waals surface area contributed by atoms with Gasteiger partial charge in [0, 0.05) is 75.9 Å². The Bertz CT molecular complexity index is 2890. The van der Waals surface area contributed by atoms with Crippen LogP contribution in [-0.2, 0) is 28.8 Å². The Hall–Kier alpha value is -6.24. The average Bonchev–Trinajstić information content (AvgIpc) is 4.34. The molecule has 0 bridgehead atoms. The largest absolute Gasteiger partial charge is 0.347 e. The van der Waals surface area contributed by atoms with E-state index in [1.165, 1.54) is 0 Å². The Morgan fingerprint density at radius 1 is 0.571 bits per heavy atom. The van der Waals surface area contributed by atoms with Gasteiger partial charge >= 0.3 is 0 Å². The summed E-state index contributed by atoms with van der Waals surface area (Å²) in [6.45, 7) is 5.82. The molecule has 6 N–H and O–H groups in total. The van der Waals surface area contributed by atoms with Crippen LogP contribution >= 0.6 is 23.5 Å². The van der Waals surface area contributed by atoms with Crippen LogP contribution in [0.15, 0.2) is 94.7 Å². The number of carbonyl (C=O) groups excluding carboxylic acids is 8. The maximum absolute atomic E-state index is 15.0. The number of benzene rings is 4. The molecule has 4 aromatic rings. The van der Waals surface area contributed by atoms with Gasteiger partial charge in [-0.2, -0.15) is 0 Å². The molecule has 4 aromatic carbocycles. The van der Waals surface area contributed by atoms with E-state index in [0.717, 1.165) is 109 Å². The molecular formula is C66H84N8O8S2. The Balaban J connectivity index is 0.842. The summed E-state index contributed by atoms with van der Waals surface area (Å²) in [7, 11) is 1.74. The van der Waals surface area contributed by atoms with Crippen molar-refractivity contribution in [2.75, 3.05) is 31.6 Å². The molecule has 2 aliphatic carbocycles. The molecule has 0 unspecified atom stereocenters. The maximum atomic E-state index is 15.0. The number of hydrogen-bond donors (Lipinski definition) is 6. The summed E-state index contributed by atoms with van der Waals surface area (Å²) in [5, 5.41) is 20.5. The lowest BCUT2D eigenvalue weighted by atomic mass is 9.76. The zero-order valence-corrected chi connectivity index (χ0v) is 50.8. The van der Waals surface area contributed by atoms with Crippen molar-refractivity contribution in [2.45, 2.75) is 182 Å². The van der Waals surface area contributed by atoms with E-state index in [4.69, 9.17) is 0 Å². The lowest BCUT2D eigenvalue weighted by Crippen LogP contribution is -2.57. The van der Waals surface area contributed by atoms with Crippen molar-refractivity contribution in [3.63, 3.8) is 0 Å². The van der Waals surface area contributed by atoms with Gasteiger partial charge < -0.3 is 41.7 Å². The molecule has 18 heteroatoms. The quantitative estimate of drug-likeness (QED) is 0.0522. The summed E-state index contributed by atoms with van der Waals surface area (Å²) in [6.07, 6.45) is 11.9. The second kappa shape index (κ2) is 27.9. The van der Waals surface area contributed by atoms with Crippen LogP contribution in [0.5, 0.6) is 0 Å². The lowest BCUT2D eigenvalue weighted by Gasteiger charge is -2.35. The molecule has 4 heterocycles. The fraction of sp³-hybridized carbons (Fsp3) is 0.545. The van der Waals surface area contributed by atoms with Crippen molar-refractivity contribution in [1.82, 2.24) is 41.7 Å². The monoisotopic (exact) mass is 1180 g/mol. The molecule has 0 aromatic heterocycles. The van der Waals surface area contributed by atoms with Crippen LogP contribution < -0.4 is 31.9 Å². The Morgan fingerprint density at radius 3 is 1.54 bits per heavy atom. The number of likely N-dealkylation sites (N-methyl/N-ethyl adjacent to an activating group) is 1. The van der Waals surface area contributed by atoms with Crippen molar-refractivity contribution in [1.29, 1.82) is 0 Å². The van der Waals surface area contributed by atoms with Gasteiger partial charge in [-0.1, -0.05) is 101 Å². The predicted molar refractivity (Wildman–Crippen MR) is 328 cm³/mol. The normalized spacial score (nSPS) is 24.1. The summed E-state index contributed by atoms with van der Waals surface area (Å²) >= 11 is 3.52. The summed E-state index contributed by atoms with van der Waals surface area (Å²) < 4.78 is 0. The summed E-state index contributed by atoms with van der Waals surface area (Å²) in [5.74, 6) is -1.27. The number of rotatable bonds is 19. The minimum Gasteiger partial charge on any atom is -0.347 e. The molecular weight excluding hydrogens is 1100 g/mol. The number of Topliss-reactive ketones (excluding diaryl/α,β-unsaturated/α-hetero) is 1. The highest BCUT2D eigenvalue weighted by atomic mass is 32.2. The average molecular weight is 1180 g/mol. The maximum Gasteiger partial charge on any atom is 0.251 e. The van der Waals surface area contributed by atoms with Crippen LogP contribution in [0.2, 0.25) is 0 Å². The third kappa shape index (κ3) is 14.0. The van der Waals surface area contributed by atoms with Crippen molar-refractivity contribution >= 4 is 81.4 Å². The first-order valence-corrected chi connectivity index (χ1v) is 33.0. The molecule has 2 saturated heterocycles. The Morgan fingerprint density at radius 2 is 1.05 bits per heavy atom. The third-order valence-corrected chi connectivity index (χ3v) is 21.2. The lowest BCUT2D eigenvalue weighted by molar-refractivity contribution is -0.145. The number of fused-ring (bicyclic) bond motifs is 3. The van der Waals surface area contributed by atoms with E-state index in [2.05, 4.69) is 44.0 Å². The van der Waals surface area contributed by atoms with Crippen LogP contribution in [-0.4, -0.2) is 125 Å². The first-order chi connectivity index (χ1) is 40.7. The predicted octanol–water partition coefficient (Wildman–Crippen LogP) is 8.82. The van der Waals surface area contributed by atoms with Crippen LogP contribution in [0.25, 0.3) is 10.8 Å². The second-order valence-corrected chi connectivity index (χ2v) is 26.7. The Labute approximate surface area is 503 Å². The number of nitrogens with one attached hydrogen (secondary N) is 6. The minimum atomic E-state index is -0.881. The second-order valence-electron chi connectivity index (χ2n) is 24.5. The van der Waals surface area contributed by atoms with Gasteiger partial charge in [0.1, 0.15) is 23.9 Å². The van der Waals surface area contributed by atoms with E-state index in [9.17, 15) is 33.6 Å². The van der Waals surface area contributed by atoms with Crippen LogP contribution in [0.4, 0.5) is 0 Å². The van der Waals surface area contributed by atoms with Crippen molar-refractivity contribution in [2.24, 2.45) is 23.7 Å². The fourth-order valence-electron chi connectivity index (χ4n) is 13.7.